The monoisotopic (exact) mass is 252 g/mol. The van der Waals surface area contributed by atoms with Gasteiger partial charge in [-0.2, -0.15) is 17.0 Å². The molecule has 0 aliphatic heterocycles. The van der Waals surface area contributed by atoms with Crippen molar-refractivity contribution in [2.75, 3.05) is 19.3 Å². The fourth-order valence-electron chi connectivity index (χ4n) is 1.16. The molecule has 0 atom stereocenters. The summed E-state index contributed by atoms with van der Waals surface area (Å²) in [6, 6.07) is 0. The van der Waals surface area contributed by atoms with Crippen molar-refractivity contribution in [3.05, 3.63) is 17.7 Å². The number of rotatable bonds is 5. The van der Waals surface area contributed by atoms with E-state index in [1.54, 1.807) is 36.2 Å². The van der Waals surface area contributed by atoms with Gasteiger partial charge in [0.1, 0.15) is 0 Å². The number of aromatic amines is 1. The lowest BCUT2D eigenvalue weighted by atomic mass is 10.4. The van der Waals surface area contributed by atoms with Gasteiger partial charge in [-0.15, -0.1) is 0 Å². The van der Waals surface area contributed by atoms with Crippen molar-refractivity contribution in [2.45, 2.75) is 12.7 Å². The highest BCUT2D eigenvalue weighted by molar-refractivity contribution is 7.98. The highest BCUT2D eigenvalue weighted by Gasteiger charge is 2.04. The third kappa shape index (κ3) is 4.36. The first-order chi connectivity index (χ1) is 8.15. The van der Waals surface area contributed by atoms with Crippen molar-refractivity contribution in [2.24, 2.45) is 0 Å². The van der Waals surface area contributed by atoms with Crippen LogP contribution in [0, 0.1) is 23.8 Å². The Hall–Kier alpha value is -1.68. The molecule has 6 nitrogen and oxygen atoms in total. The summed E-state index contributed by atoms with van der Waals surface area (Å²) in [5, 5.41) is 18.1. The summed E-state index contributed by atoms with van der Waals surface area (Å²) in [5.41, 5.74) is 2.17. The zero-order valence-corrected chi connectivity index (χ0v) is 10.8. The van der Waals surface area contributed by atoms with Gasteiger partial charge in [0.2, 0.25) is 5.96 Å². The zero-order valence-electron chi connectivity index (χ0n) is 9.95. The minimum atomic E-state index is 0.129. The highest BCUT2D eigenvalue weighted by Crippen LogP contribution is 2.12. The average molecular weight is 252 g/mol. The second kappa shape index (κ2) is 6.81. The van der Waals surface area contributed by atoms with Gasteiger partial charge in [-0.3, -0.25) is 10.7 Å². The third-order valence-electron chi connectivity index (χ3n) is 2.30. The van der Waals surface area contributed by atoms with Crippen molar-refractivity contribution < 1.29 is 0 Å². The van der Waals surface area contributed by atoms with Crippen LogP contribution in [0.2, 0.25) is 0 Å². The van der Waals surface area contributed by atoms with Crippen LogP contribution < -0.4 is 5.32 Å². The van der Waals surface area contributed by atoms with Crippen LogP contribution in [0.3, 0.4) is 0 Å². The SMILES string of the molecule is Cc1[nH]cnc1CSCCN(C)C(=N)NC#N. The maximum atomic E-state index is 8.37. The van der Waals surface area contributed by atoms with Crippen LogP contribution in [0.4, 0.5) is 0 Å². The molecule has 92 valence electrons. The summed E-state index contributed by atoms with van der Waals surface area (Å²) in [7, 11) is 1.78. The molecule has 1 rings (SSSR count). The highest BCUT2D eigenvalue weighted by atomic mass is 32.2. The molecular formula is C10H16N6S. The van der Waals surface area contributed by atoms with Gasteiger partial charge in [0.25, 0.3) is 0 Å². The molecule has 0 radical (unpaired) electrons. The fourth-order valence-corrected chi connectivity index (χ4v) is 2.19. The molecule has 0 amide bonds. The van der Waals surface area contributed by atoms with Gasteiger partial charge in [0, 0.05) is 30.8 Å². The van der Waals surface area contributed by atoms with Crippen molar-refractivity contribution in [3.8, 4) is 6.19 Å². The van der Waals surface area contributed by atoms with Crippen LogP contribution in [0.25, 0.3) is 0 Å². The van der Waals surface area contributed by atoms with Gasteiger partial charge in [-0.05, 0) is 6.92 Å². The topological polar surface area (TPSA) is 91.6 Å². The number of nitrogens with one attached hydrogen (secondary N) is 3. The van der Waals surface area contributed by atoms with E-state index in [-0.39, 0.29) is 5.96 Å². The second-order valence-corrected chi connectivity index (χ2v) is 4.64. The Balaban J connectivity index is 2.18. The number of hydrogen-bond donors (Lipinski definition) is 3. The zero-order chi connectivity index (χ0) is 12.7. The molecule has 0 aliphatic carbocycles. The number of hydrogen-bond acceptors (Lipinski definition) is 4. The minimum absolute atomic E-state index is 0.129. The Morgan fingerprint density at radius 3 is 3.12 bits per heavy atom. The largest absolute Gasteiger partial charge is 0.348 e. The van der Waals surface area contributed by atoms with Gasteiger partial charge in [-0.25, -0.2) is 4.98 Å². The normalized spacial score (nSPS) is 9.71. The van der Waals surface area contributed by atoms with Crippen molar-refractivity contribution in [1.29, 1.82) is 10.7 Å². The Bertz CT molecular complexity index is 407. The summed E-state index contributed by atoms with van der Waals surface area (Å²) >= 11 is 1.76. The molecule has 0 fully saturated rings. The summed E-state index contributed by atoms with van der Waals surface area (Å²) in [6.45, 7) is 2.73. The molecule has 17 heavy (non-hydrogen) atoms. The van der Waals surface area contributed by atoms with E-state index >= 15 is 0 Å². The van der Waals surface area contributed by atoms with Crippen LogP contribution in [0.1, 0.15) is 11.4 Å². The van der Waals surface area contributed by atoms with Gasteiger partial charge in [0.05, 0.1) is 12.0 Å². The lowest BCUT2D eigenvalue weighted by Crippen LogP contribution is -2.36. The summed E-state index contributed by atoms with van der Waals surface area (Å²) in [6.07, 6.45) is 3.43. The lowest BCUT2D eigenvalue weighted by Gasteiger charge is -2.17. The van der Waals surface area contributed by atoms with E-state index in [0.29, 0.717) is 0 Å². The molecule has 0 unspecified atom stereocenters. The first-order valence-electron chi connectivity index (χ1n) is 5.16. The van der Waals surface area contributed by atoms with Crippen molar-refractivity contribution in [3.63, 3.8) is 0 Å². The van der Waals surface area contributed by atoms with Crippen LogP contribution in [0.5, 0.6) is 0 Å². The second-order valence-electron chi connectivity index (χ2n) is 3.53. The van der Waals surface area contributed by atoms with E-state index in [4.69, 9.17) is 10.7 Å². The number of thioether (sulfide) groups is 1. The van der Waals surface area contributed by atoms with E-state index in [2.05, 4.69) is 15.3 Å². The van der Waals surface area contributed by atoms with Crippen molar-refractivity contribution in [1.82, 2.24) is 20.2 Å². The number of nitriles is 1. The Morgan fingerprint density at radius 1 is 1.76 bits per heavy atom. The van der Waals surface area contributed by atoms with E-state index < -0.39 is 0 Å². The summed E-state index contributed by atoms with van der Waals surface area (Å²) in [5.74, 6) is 1.88. The van der Waals surface area contributed by atoms with Gasteiger partial charge >= 0.3 is 0 Å². The lowest BCUT2D eigenvalue weighted by molar-refractivity contribution is 0.521. The summed E-state index contributed by atoms with van der Waals surface area (Å²) in [4.78, 5) is 8.95. The quantitative estimate of drug-likeness (QED) is 0.238. The summed E-state index contributed by atoms with van der Waals surface area (Å²) < 4.78 is 0. The molecule has 0 spiro atoms. The van der Waals surface area contributed by atoms with Crippen LogP contribution in [-0.4, -0.2) is 40.2 Å². The van der Waals surface area contributed by atoms with Crippen LogP contribution in [0.15, 0.2) is 6.33 Å². The first-order valence-corrected chi connectivity index (χ1v) is 6.32. The number of H-pyrrole nitrogens is 1. The Kier molecular flexibility index (Phi) is 5.36. The molecule has 0 aliphatic rings. The number of imidazole rings is 1. The van der Waals surface area contributed by atoms with E-state index in [0.717, 1.165) is 29.4 Å². The molecule has 0 bridgehead atoms. The maximum Gasteiger partial charge on any atom is 0.204 e. The average Bonchev–Trinajstić information content (AvgIpc) is 2.70. The smallest absolute Gasteiger partial charge is 0.204 e. The molecule has 1 aromatic rings. The number of aromatic nitrogens is 2. The number of aryl methyl sites for hydroxylation is 1. The fraction of sp³-hybridized carbons (Fsp3) is 0.500. The molecule has 0 saturated carbocycles. The molecule has 0 aromatic carbocycles. The predicted octanol–water partition coefficient (Wildman–Crippen LogP) is 0.889. The molecular weight excluding hydrogens is 236 g/mol. The number of nitrogens with zero attached hydrogens (tertiary/aromatic N) is 3. The molecule has 1 heterocycles. The molecule has 7 heteroatoms. The standard InChI is InChI=1S/C10H16N6S/c1-8-9(15-7-14-8)5-17-4-3-16(2)10(12)13-6-11/h7H,3-5H2,1-2H3,(H2,12,13)(H,14,15). The van der Waals surface area contributed by atoms with E-state index in [1.807, 2.05) is 6.92 Å². The minimum Gasteiger partial charge on any atom is -0.348 e. The van der Waals surface area contributed by atoms with Gasteiger partial charge < -0.3 is 9.88 Å². The molecule has 3 N–H and O–H groups in total. The first kappa shape index (κ1) is 13.4. The third-order valence-corrected chi connectivity index (χ3v) is 3.25. The van der Waals surface area contributed by atoms with Gasteiger partial charge in [0.15, 0.2) is 6.19 Å². The van der Waals surface area contributed by atoms with Crippen molar-refractivity contribution >= 4 is 17.7 Å². The molecule has 0 saturated heterocycles. The van der Waals surface area contributed by atoms with E-state index in [1.165, 1.54) is 0 Å². The van der Waals surface area contributed by atoms with E-state index in [9.17, 15) is 0 Å². The van der Waals surface area contributed by atoms with Crippen LogP contribution >= 0.6 is 11.8 Å². The maximum absolute atomic E-state index is 8.37. The van der Waals surface area contributed by atoms with Gasteiger partial charge in [-0.1, -0.05) is 0 Å². The Labute approximate surface area is 105 Å². The Morgan fingerprint density at radius 2 is 2.53 bits per heavy atom. The predicted molar refractivity (Wildman–Crippen MR) is 68.6 cm³/mol. The van der Waals surface area contributed by atoms with Crippen LogP contribution in [-0.2, 0) is 5.75 Å². The molecule has 1 aromatic heterocycles. The number of guanidine groups is 1.